The summed E-state index contributed by atoms with van der Waals surface area (Å²) in [6, 6.07) is 10.1. The first-order chi connectivity index (χ1) is 10.8. The largest absolute Gasteiger partial charge is 0.358 e. The second kappa shape index (κ2) is 6.39. The highest BCUT2D eigenvalue weighted by Gasteiger charge is 2.08. The van der Waals surface area contributed by atoms with Crippen molar-refractivity contribution in [2.24, 2.45) is 5.92 Å². The molecule has 112 valence electrons. The molecule has 2 heterocycles. The summed E-state index contributed by atoms with van der Waals surface area (Å²) in [4.78, 5) is 22.3. The Morgan fingerprint density at radius 3 is 2.86 bits per heavy atom. The number of amides is 1. The molecule has 0 radical (unpaired) electrons. The number of fused-ring (bicyclic) bond motifs is 1. The maximum absolute atomic E-state index is 10.3. The topological polar surface area (TPSA) is 70.7 Å². The highest BCUT2D eigenvalue weighted by atomic mass is 16.1. The number of carbonyl (C=O) groups excluding carboxylic acids is 1. The standard InChI is InChI=1S/C17H18N4O/c1-12(10-19-11-22)8-13-2-3-15-16(9-13)21-17(20-15)14-4-6-18-7-5-14/h2-7,9,11-12H,8,10H2,1H3,(H,19,22)(H,20,21). The van der Waals surface area contributed by atoms with E-state index in [9.17, 15) is 4.79 Å². The van der Waals surface area contributed by atoms with Crippen LogP contribution in [0.15, 0.2) is 42.7 Å². The van der Waals surface area contributed by atoms with Crippen LogP contribution in [0, 0.1) is 5.92 Å². The Morgan fingerprint density at radius 1 is 1.27 bits per heavy atom. The Balaban J connectivity index is 1.83. The van der Waals surface area contributed by atoms with E-state index in [0.717, 1.165) is 35.3 Å². The first-order valence-electron chi connectivity index (χ1n) is 7.32. The molecule has 5 nitrogen and oxygen atoms in total. The van der Waals surface area contributed by atoms with Gasteiger partial charge in [0.2, 0.25) is 6.41 Å². The summed E-state index contributed by atoms with van der Waals surface area (Å²) in [5, 5.41) is 2.72. The van der Waals surface area contributed by atoms with Gasteiger partial charge >= 0.3 is 0 Å². The van der Waals surface area contributed by atoms with Gasteiger partial charge < -0.3 is 10.3 Å². The van der Waals surface area contributed by atoms with Crippen molar-refractivity contribution >= 4 is 17.4 Å². The first kappa shape index (κ1) is 14.3. The second-order valence-corrected chi connectivity index (χ2v) is 5.51. The molecular formula is C17H18N4O. The Morgan fingerprint density at radius 2 is 2.09 bits per heavy atom. The number of H-pyrrole nitrogens is 1. The lowest BCUT2D eigenvalue weighted by Crippen LogP contribution is -2.20. The van der Waals surface area contributed by atoms with Crippen LogP contribution in [-0.2, 0) is 11.2 Å². The fourth-order valence-electron chi connectivity index (χ4n) is 2.55. The molecule has 1 amide bonds. The van der Waals surface area contributed by atoms with Crippen molar-refractivity contribution in [1.29, 1.82) is 0 Å². The van der Waals surface area contributed by atoms with Gasteiger partial charge in [0.25, 0.3) is 0 Å². The van der Waals surface area contributed by atoms with E-state index in [0.29, 0.717) is 12.5 Å². The minimum absolute atomic E-state index is 0.394. The lowest BCUT2D eigenvalue weighted by Gasteiger charge is -2.10. The summed E-state index contributed by atoms with van der Waals surface area (Å²) in [6.45, 7) is 2.81. The van der Waals surface area contributed by atoms with Gasteiger partial charge in [0.1, 0.15) is 5.82 Å². The lowest BCUT2D eigenvalue weighted by molar-refractivity contribution is -0.109. The zero-order chi connectivity index (χ0) is 15.4. The van der Waals surface area contributed by atoms with Crippen molar-refractivity contribution in [3.8, 4) is 11.4 Å². The molecule has 0 saturated heterocycles. The van der Waals surface area contributed by atoms with Gasteiger partial charge in [-0.25, -0.2) is 4.98 Å². The fraction of sp³-hybridized carbons (Fsp3) is 0.235. The van der Waals surface area contributed by atoms with Crippen LogP contribution in [-0.4, -0.2) is 27.9 Å². The second-order valence-electron chi connectivity index (χ2n) is 5.51. The molecule has 0 saturated carbocycles. The van der Waals surface area contributed by atoms with Crippen molar-refractivity contribution in [2.45, 2.75) is 13.3 Å². The third-order valence-electron chi connectivity index (χ3n) is 3.63. The summed E-state index contributed by atoms with van der Waals surface area (Å²) < 4.78 is 0. The SMILES string of the molecule is CC(CNC=O)Cc1ccc2nc(-c3ccncc3)[nH]c2c1. The number of nitrogens with zero attached hydrogens (tertiary/aromatic N) is 2. The van der Waals surface area contributed by atoms with E-state index < -0.39 is 0 Å². The molecule has 1 atom stereocenters. The van der Waals surface area contributed by atoms with Crippen molar-refractivity contribution in [3.05, 3.63) is 48.3 Å². The summed E-state index contributed by atoms with van der Waals surface area (Å²) in [7, 11) is 0. The molecular weight excluding hydrogens is 276 g/mol. The third-order valence-corrected chi connectivity index (χ3v) is 3.63. The van der Waals surface area contributed by atoms with E-state index in [1.54, 1.807) is 12.4 Å². The van der Waals surface area contributed by atoms with Gasteiger partial charge in [0.15, 0.2) is 0 Å². The minimum Gasteiger partial charge on any atom is -0.358 e. The quantitative estimate of drug-likeness (QED) is 0.686. The van der Waals surface area contributed by atoms with E-state index in [1.807, 2.05) is 18.2 Å². The van der Waals surface area contributed by atoms with Crippen LogP contribution in [0.2, 0.25) is 0 Å². The number of hydrogen-bond acceptors (Lipinski definition) is 3. The van der Waals surface area contributed by atoms with Crippen LogP contribution in [0.5, 0.6) is 0 Å². The smallest absolute Gasteiger partial charge is 0.207 e. The van der Waals surface area contributed by atoms with Gasteiger partial charge in [0.05, 0.1) is 11.0 Å². The highest BCUT2D eigenvalue weighted by molar-refractivity contribution is 5.79. The molecule has 3 rings (SSSR count). The van der Waals surface area contributed by atoms with Gasteiger partial charge in [-0.2, -0.15) is 0 Å². The maximum atomic E-state index is 10.3. The number of imidazole rings is 1. The normalized spacial score (nSPS) is 12.2. The van der Waals surface area contributed by atoms with Gasteiger partial charge in [-0.05, 0) is 42.2 Å². The van der Waals surface area contributed by atoms with Crippen LogP contribution in [0.3, 0.4) is 0 Å². The third kappa shape index (κ3) is 3.14. The average molecular weight is 294 g/mol. The van der Waals surface area contributed by atoms with Crippen molar-refractivity contribution < 1.29 is 4.79 Å². The van der Waals surface area contributed by atoms with Crippen LogP contribution < -0.4 is 5.32 Å². The Hall–Kier alpha value is -2.69. The molecule has 0 bridgehead atoms. The van der Waals surface area contributed by atoms with Crippen LogP contribution in [0.4, 0.5) is 0 Å². The molecule has 0 aliphatic carbocycles. The number of hydrogen-bond donors (Lipinski definition) is 2. The molecule has 22 heavy (non-hydrogen) atoms. The summed E-state index contributed by atoms with van der Waals surface area (Å²) in [5.41, 5.74) is 4.24. The van der Waals surface area contributed by atoms with Gasteiger partial charge in [-0.1, -0.05) is 13.0 Å². The van der Waals surface area contributed by atoms with Crippen molar-refractivity contribution in [1.82, 2.24) is 20.3 Å². The van der Waals surface area contributed by atoms with Crippen molar-refractivity contribution in [2.75, 3.05) is 6.54 Å². The molecule has 0 fully saturated rings. The zero-order valence-electron chi connectivity index (χ0n) is 12.4. The van der Waals surface area contributed by atoms with Crippen LogP contribution >= 0.6 is 0 Å². The summed E-state index contributed by atoms with van der Waals surface area (Å²) in [5.74, 6) is 1.25. The molecule has 0 spiro atoms. The van der Waals surface area contributed by atoms with Crippen LogP contribution in [0.25, 0.3) is 22.4 Å². The predicted octanol–water partition coefficient (Wildman–Crippen LogP) is 2.55. The fourth-order valence-corrected chi connectivity index (χ4v) is 2.55. The monoisotopic (exact) mass is 294 g/mol. The number of aromatic amines is 1. The number of nitrogens with one attached hydrogen (secondary N) is 2. The number of pyridine rings is 1. The molecule has 0 aliphatic heterocycles. The van der Waals surface area contributed by atoms with Crippen LogP contribution in [0.1, 0.15) is 12.5 Å². The van der Waals surface area contributed by atoms with Gasteiger partial charge in [0, 0.05) is 24.5 Å². The Bertz CT molecular complexity index is 767. The zero-order valence-corrected chi connectivity index (χ0v) is 12.4. The number of benzene rings is 1. The van der Waals surface area contributed by atoms with E-state index in [-0.39, 0.29) is 0 Å². The molecule has 0 aliphatic rings. The average Bonchev–Trinajstić information content (AvgIpc) is 2.97. The number of aromatic nitrogens is 3. The van der Waals surface area contributed by atoms with E-state index >= 15 is 0 Å². The molecule has 2 aromatic heterocycles. The molecule has 2 N–H and O–H groups in total. The molecule has 3 aromatic rings. The van der Waals surface area contributed by atoms with Crippen molar-refractivity contribution in [3.63, 3.8) is 0 Å². The summed E-state index contributed by atoms with van der Waals surface area (Å²) >= 11 is 0. The number of rotatable bonds is 6. The van der Waals surface area contributed by atoms with Gasteiger partial charge in [-0.15, -0.1) is 0 Å². The maximum Gasteiger partial charge on any atom is 0.207 e. The predicted molar refractivity (Wildman–Crippen MR) is 86.3 cm³/mol. The Kier molecular flexibility index (Phi) is 4.14. The minimum atomic E-state index is 0.394. The Labute approximate surface area is 128 Å². The summed E-state index contributed by atoms with van der Waals surface area (Å²) in [6.07, 6.45) is 5.18. The van der Waals surface area contributed by atoms with E-state index in [1.165, 1.54) is 5.56 Å². The van der Waals surface area contributed by atoms with Gasteiger partial charge in [-0.3, -0.25) is 9.78 Å². The lowest BCUT2D eigenvalue weighted by atomic mass is 10.0. The molecule has 5 heteroatoms. The van der Waals surface area contributed by atoms with E-state index in [4.69, 9.17) is 0 Å². The first-order valence-corrected chi connectivity index (χ1v) is 7.32. The highest BCUT2D eigenvalue weighted by Crippen LogP contribution is 2.21. The molecule has 1 unspecified atom stereocenters. The molecule has 1 aromatic carbocycles. The van der Waals surface area contributed by atoms with E-state index in [2.05, 4.69) is 39.3 Å². The number of carbonyl (C=O) groups is 1.